The summed E-state index contributed by atoms with van der Waals surface area (Å²) in [6, 6.07) is 1.24. The summed E-state index contributed by atoms with van der Waals surface area (Å²) in [5.41, 5.74) is 4.09. The molecule has 0 spiro atoms. The first-order valence-electron chi connectivity index (χ1n) is 29.9. The maximum atomic E-state index is 14.2. The van der Waals surface area contributed by atoms with Crippen LogP contribution in [0.3, 0.4) is 0 Å². The second-order valence-corrected chi connectivity index (χ2v) is 29.7. The monoisotopic (exact) mass is 1530 g/mol. The van der Waals surface area contributed by atoms with Crippen molar-refractivity contribution in [3.63, 3.8) is 0 Å². The van der Waals surface area contributed by atoms with Crippen molar-refractivity contribution in [2.45, 2.75) is 145 Å². The molecule has 52 heteroatoms. The highest BCUT2D eigenvalue weighted by Crippen LogP contribution is 2.55. The summed E-state index contributed by atoms with van der Waals surface area (Å²) < 4.78 is 150. The molecular formula is C49H64N14O33P5+. The highest BCUT2D eigenvalue weighted by molar-refractivity contribution is 7.48. The normalized spacial score (nSPS) is 29.4. The van der Waals surface area contributed by atoms with Gasteiger partial charge in [0.05, 0.1) is 38.9 Å². The van der Waals surface area contributed by atoms with Gasteiger partial charge in [0.2, 0.25) is 5.95 Å². The second-order valence-electron chi connectivity index (χ2n) is 23.3. The zero-order chi connectivity index (χ0) is 72.9. The van der Waals surface area contributed by atoms with Crippen molar-refractivity contribution >= 4 is 62.5 Å². The van der Waals surface area contributed by atoms with Crippen LogP contribution >= 0.6 is 39.5 Å². The first kappa shape index (κ1) is 75.3. The van der Waals surface area contributed by atoms with Gasteiger partial charge in [-0.1, -0.05) is 0 Å². The third kappa shape index (κ3) is 17.8. The molecule has 0 radical (unpaired) electrons. The number of ether oxygens (including phenoxy) is 5. The molecule has 11 heterocycles. The van der Waals surface area contributed by atoms with E-state index in [0.29, 0.717) is 0 Å². The Labute approximate surface area is 562 Å². The quantitative estimate of drug-likeness (QED) is 0.0228. The van der Waals surface area contributed by atoms with E-state index in [1.165, 1.54) is 43.8 Å². The molecule has 5 aliphatic heterocycles. The minimum absolute atomic E-state index is 0.0230. The molecule has 5 aliphatic rings. The van der Waals surface area contributed by atoms with Gasteiger partial charge in [-0.05, 0) is 26.8 Å². The smallest absolute Gasteiger partial charge is 0.390 e. The fourth-order valence-electron chi connectivity index (χ4n) is 11.4. The Morgan fingerprint density at radius 2 is 0.871 bits per heavy atom. The number of anilines is 2. The summed E-state index contributed by atoms with van der Waals surface area (Å²) >= 11 is 0. The van der Waals surface area contributed by atoms with E-state index in [0.717, 1.165) is 37.0 Å². The molecule has 101 heavy (non-hydrogen) atoms. The first-order valence-corrected chi connectivity index (χ1v) is 37.0. The summed E-state index contributed by atoms with van der Waals surface area (Å²) in [6.45, 7) is -0.830. The number of fused-ring (bicyclic) bond motifs is 1. The number of aromatic amines is 4. The number of nitrogen functional groups attached to an aromatic ring is 2. The van der Waals surface area contributed by atoms with Crippen LogP contribution in [0.4, 0.5) is 11.8 Å². The van der Waals surface area contributed by atoms with E-state index < -0.39 is 235 Å². The van der Waals surface area contributed by atoms with Gasteiger partial charge in [-0.2, -0.15) is 9.97 Å². The molecule has 0 aliphatic carbocycles. The molecule has 20 atom stereocenters. The number of hydrogen-bond acceptors (Lipinski definition) is 33. The minimum Gasteiger partial charge on any atom is -0.390 e. The van der Waals surface area contributed by atoms with Crippen molar-refractivity contribution in [2.75, 3.05) is 44.5 Å². The minimum atomic E-state index is -5.60. The zero-order valence-corrected chi connectivity index (χ0v) is 56.8. The summed E-state index contributed by atoms with van der Waals surface area (Å²) in [5, 5.41) is 10.8. The highest BCUT2D eigenvalue weighted by atomic mass is 31.2. The van der Waals surface area contributed by atoms with Gasteiger partial charge in [0.15, 0.2) is 11.2 Å². The molecule has 0 saturated carbocycles. The van der Waals surface area contributed by atoms with Crippen molar-refractivity contribution in [3.05, 3.63) is 137 Å². The van der Waals surface area contributed by atoms with E-state index in [1.54, 1.807) is 0 Å². The Hall–Kier alpha value is -6.91. The maximum Gasteiger partial charge on any atom is 0.694 e. The Morgan fingerprint density at radius 3 is 1.27 bits per heavy atom. The van der Waals surface area contributed by atoms with Crippen molar-refractivity contribution in [1.82, 2.24) is 57.7 Å². The van der Waals surface area contributed by atoms with Gasteiger partial charge >= 0.3 is 62.3 Å². The molecule has 0 bridgehead atoms. The Morgan fingerprint density at radius 1 is 0.515 bits per heavy atom. The van der Waals surface area contributed by atoms with Gasteiger partial charge in [-0.15, -0.1) is 9.42 Å². The molecule has 552 valence electrons. The van der Waals surface area contributed by atoms with Gasteiger partial charge in [0.1, 0.15) is 98.5 Å². The van der Waals surface area contributed by atoms with Gasteiger partial charge < -0.3 is 59.8 Å². The lowest BCUT2D eigenvalue weighted by atomic mass is 10.2. The number of imidazole rings is 1. The molecule has 47 nitrogen and oxygen atoms in total. The average molecular weight is 1530 g/mol. The van der Waals surface area contributed by atoms with E-state index in [2.05, 4.69) is 34.9 Å². The maximum absolute atomic E-state index is 14.2. The topological polar surface area (TPSA) is 651 Å². The summed E-state index contributed by atoms with van der Waals surface area (Å²) in [7, 11) is -25.2. The standard InChI is InChI=1S/C49H63N14O33P5/c1-20-11-60(47(70)56-41(20)65)34-6-23(64)28(88-34)15-84-98(75,76)96-27-10-38(63-19-52-39-40(63)54-45(51)55-44(39)68)92-32(27)18-87-101(81,82)95-26-9-37(62-13-22(3)43(67)58-49(62)72)91-31(26)17-86-100(79,80)94-25-8-36(61-12-21(2)42(66)57-48(61)71)90-30(25)16-85-99(77,78)93-24-7-35(89-29(24)14-83-97(73)74)59-5-4-33(50)53-46(59)69/h4-5,11-13,19,23-32,34-38,64H,6-10,14-18H2,1-3H3,(H12-,50,51,53,54,55,56,57,58,65,66,67,68,69,70,71,72,73,74,75,76,77,78,79,80,81,82)/p+1/t23-,24-,25-,26-,27-,28+,29+,30+,31+,32+,34+,35+,36+,37+,38+/m0/s1. The fourth-order valence-corrected chi connectivity index (χ4v) is 15.5. The molecule has 5 saturated heterocycles. The van der Waals surface area contributed by atoms with Gasteiger partial charge in [0, 0.05) is 78.1 Å². The van der Waals surface area contributed by atoms with E-state index in [-0.39, 0.29) is 46.0 Å². The summed E-state index contributed by atoms with van der Waals surface area (Å²) in [4.78, 5) is 176. The van der Waals surface area contributed by atoms with Crippen molar-refractivity contribution < 1.29 is 117 Å². The van der Waals surface area contributed by atoms with Crippen molar-refractivity contribution in [2.24, 2.45) is 0 Å². The number of aryl methyl sites for hydroxylation is 3. The lowest BCUT2D eigenvalue weighted by Crippen LogP contribution is -2.33. The molecule has 5 unspecified atom stereocenters. The van der Waals surface area contributed by atoms with E-state index in [1.807, 2.05) is 0 Å². The van der Waals surface area contributed by atoms with Gasteiger partial charge in [-0.3, -0.25) is 98.1 Å². The number of phosphoric ester groups is 4. The zero-order valence-electron chi connectivity index (χ0n) is 52.4. The van der Waals surface area contributed by atoms with Crippen LogP contribution in [0.5, 0.6) is 0 Å². The van der Waals surface area contributed by atoms with Crippen molar-refractivity contribution in [1.29, 1.82) is 0 Å². The number of phosphoric acid groups is 4. The average Bonchev–Trinajstić information content (AvgIpc) is 1.67. The predicted molar refractivity (Wildman–Crippen MR) is 331 cm³/mol. The SMILES string of the molecule is Cc1cn([C@H]2C[C@H](OP(=O)(O)OC[C@H]3O[C@@H](n4cc(C)c(=O)[nH]c4=O)C[C@@H]3OP(=O)(O)OC[C@H]3O[C@@H](n4cnc5c(=O)[nH]c(N)nc54)C[C@@H]3OP(=O)(O)OC[C@H]3O[C@@H](n4cc(C)c(=O)[nH]c4=O)C[C@@H]3O)[C@@H](COP(=O)(O)O[C@H]3C[C@H](n4ccc(N)nc4=O)O[C@@H]3CO[P+](=O)O)O2)c(=O)[nH]c1=O. The Balaban J connectivity index is 0.792. The van der Waals surface area contributed by atoms with Crippen LogP contribution in [0.1, 0.15) is 79.9 Å². The molecular weight excluding hydrogens is 1470 g/mol. The van der Waals surface area contributed by atoms with E-state index >= 15 is 0 Å². The number of nitrogens with two attached hydrogens (primary N) is 2. The highest BCUT2D eigenvalue weighted by Gasteiger charge is 2.50. The molecule has 0 amide bonds. The van der Waals surface area contributed by atoms with Crippen LogP contribution in [0.2, 0.25) is 0 Å². The second kappa shape index (κ2) is 30.0. The van der Waals surface area contributed by atoms with Crippen LogP contribution < -0.4 is 56.5 Å². The number of hydrogen-bond donors (Lipinski definition) is 12. The number of aliphatic hydroxyl groups excluding tert-OH is 1. The van der Waals surface area contributed by atoms with Crippen LogP contribution in [-0.2, 0) is 87.2 Å². The number of H-pyrrole nitrogens is 4. The van der Waals surface area contributed by atoms with Crippen LogP contribution in [-0.4, -0.2) is 181 Å². The van der Waals surface area contributed by atoms with Crippen LogP contribution in [0, 0.1) is 20.8 Å². The predicted octanol–water partition coefficient (Wildman–Crippen LogP) is -2.41. The Bertz CT molecular complexity index is 4840. The largest absolute Gasteiger partial charge is 0.694 e. The molecule has 14 N–H and O–H groups in total. The van der Waals surface area contributed by atoms with Crippen LogP contribution in [0.25, 0.3) is 11.2 Å². The van der Waals surface area contributed by atoms with Crippen LogP contribution in [0.15, 0.2) is 75.5 Å². The summed E-state index contributed by atoms with van der Waals surface area (Å²) in [6.07, 6.45) is -19.8. The molecule has 0 aromatic carbocycles. The number of nitrogens with zero attached hydrogens (tertiary/aromatic N) is 8. The Kier molecular flexibility index (Phi) is 22.4. The fraction of sp³-hybridized carbons (Fsp3) is 0.571. The molecule has 6 aromatic heterocycles. The lowest BCUT2D eigenvalue weighted by Gasteiger charge is -2.25. The lowest BCUT2D eigenvalue weighted by molar-refractivity contribution is -0.0643. The molecule has 5 fully saturated rings. The number of rotatable bonds is 28. The molecule has 11 rings (SSSR count). The van der Waals surface area contributed by atoms with Gasteiger partial charge in [-0.25, -0.2) is 42.4 Å². The molecule has 6 aromatic rings. The number of nitrogens with one attached hydrogen (secondary N) is 4. The first-order chi connectivity index (χ1) is 47.5. The van der Waals surface area contributed by atoms with Crippen molar-refractivity contribution in [3.8, 4) is 0 Å². The number of aliphatic hydroxyl groups is 1. The third-order valence-electron chi connectivity index (χ3n) is 16.2. The van der Waals surface area contributed by atoms with E-state index in [4.69, 9.17) is 75.9 Å². The summed E-state index contributed by atoms with van der Waals surface area (Å²) in [5.74, 6) is -0.520. The van der Waals surface area contributed by atoms with E-state index in [9.17, 15) is 90.8 Å². The van der Waals surface area contributed by atoms with Gasteiger partial charge in [0.25, 0.3) is 22.2 Å². The number of aromatic nitrogens is 12. The third-order valence-corrected chi connectivity index (χ3v) is 20.7.